The number of hydrogen-bond acceptors (Lipinski definition) is 7. The van der Waals surface area contributed by atoms with Crippen LogP contribution >= 0.6 is 15.9 Å². The van der Waals surface area contributed by atoms with Crippen LogP contribution in [0.1, 0.15) is 23.2 Å². The summed E-state index contributed by atoms with van der Waals surface area (Å²) in [6.45, 7) is 1.02. The molecule has 10 heteroatoms. The highest BCUT2D eigenvalue weighted by molar-refractivity contribution is 9.10. The molecule has 4 rings (SSSR count). The molecule has 2 amide bonds. The molecule has 0 radical (unpaired) electrons. The summed E-state index contributed by atoms with van der Waals surface area (Å²) in [5.41, 5.74) is 7.45. The first-order valence-corrected chi connectivity index (χ1v) is 10.6. The van der Waals surface area contributed by atoms with Crippen molar-refractivity contribution < 1.29 is 9.59 Å². The lowest BCUT2D eigenvalue weighted by molar-refractivity contribution is -0.121. The fraction of sp³-hybridized carbons (Fsp3) is 0.238. The number of nitrogens with two attached hydrogens (primary N) is 1. The Labute approximate surface area is 187 Å². The second-order valence-electron chi connectivity index (χ2n) is 7.20. The number of nitrogens with one attached hydrogen (secondary N) is 1. The summed E-state index contributed by atoms with van der Waals surface area (Å²) in [7, 11) is 0. The molecule has 3 N–H and O–H groups in total. The van der Waals surface area contributed by atoms with Gasteiger partial charge in [-0.2, -0.15) is 5.10 Å². The topological polar surface area (TPSA) is 127 Å². The van der Waals surface area contributed by atoms with Crippen molar-refractivity contribution in [3.05, 3.63) is 58.8 Å². The lowest BCUT2D eigenvalue weighted by Crippen LogP contribution is -2.41. The van der Waals surface area contributed by atoms with Crippen molar-refractivity contribution >= 4 is 39.5 Å². The number of benzene rings is 1. The number of piperidine rings is 1. The Morgan fingerprint density at radius 2 is 1.94 bits per heavy atom. The predicted molar refractivity (Wildman–Crippen MR) is 119 cm³/mol. The van der Waals surface area contributed by atoms with Gasteiger partial charge in [0.15, 0.2) is 0 Å². The van der Waals surface area contributed by atoms with Crippen LogP contribution in [0.5, 0.6) is 0 Å². The van der Waals surface area contributed by atoms with Crippen LogP contribution in [0.4, 0.5) is 11.8 Å². The van der Waals surface area contributed by atoms with E-state index in [1.807, 2.05) is 12.1 Å². The second kappa shape index (κ2) is 9.17. The molecule has 0 saturated carbocycles. The van der Waals surface area contributed by atoms with Gasteiger partial charge in [-0.3, -0.25) is 9.59 Å². The molecular weight excluding hydrogens is 462 g/mol. The quantitative estimate of drug-likeness (QED) is 0.586. The Morgan fingerprint density at radius 3 is 2.65 bits per heavy atom. The van der Waals surface area contributed by atoms with Crippen LogP contribution in [0.15, 0.2) is 53.3 Å². The van der Waals surface area contributed by atoms with E-state index in [4.69, 9.17) is 5.73 Å². The summed E-state index contributed by atoms with van der Waals surface area (Å²) in [5, 5.41) is 10.3. The monoisotopic (exact) mass is 481 g/mol. The number of nitrogens with zero attached hydrogens (tertiary/aromatic N) is 5. The maximum atomic E-state index is 13.0. The van der Waals surface area contributed by atoms with E-state index in [-0.39, 0.29) is 23.7 Å². The summed E-state index contributed by atoms with van der Waals surface area (Å²) < 4.78 is 0.848. The number of anilines is 2. The standard InChI is InChI=1S/C21H20BrN7O2/c22-16-4-5-18(24-11-16)27-19(30)13-6-8-29(9-7-13)20(31)15-3-1-2-14(10-15)17-12-25-28-21(23)26-17/h1-5,10-13H,6-9H2,(H2,23,26,28)(H,24,27,30). The molecule has 1 saturated heterocycles. The van der Waals surface area contributed by atoms with Crippen molar-refractivity contribution in [2.45, 2.75) is 12.8 Å². The van der Waals surface area contributed by atoms with Crippen molar-refractivity contribution in [3.8, 4) is 11.3 Å². The molecule has 158 valence electrons. The minimum absolute atomic E-state index is 0.0715. The Morgan fingerprint density at radius 1 is 1.13 bits per heavy atom. The fourth-order valence-electron chi connectivity index (χ4n) is 3.47. The molecule has 1 aromatic carbocycles. The average Bonchev–Trinajstić information content (AvgIpc) is 2.80. The molecule has 31 heavy (non-hydrogen) atoms. The normalized spacial score (nSPS) is 14.3. The van der Waals surface area contributed by atoms with Crippen LogP contribution in [0.2, 0.25) is 0 Å². The largest absolute Gasteiger partial charge is 0.366 e. The minimum Gasteiger partial charge on any atom is -0.366 e. The van der Waals surface area contributed by atoms with E-state index in [2.05, 4.69) is 41.4 Å². The van der Waals surface area contributed by atoms with Gasteiger partial charge in [0.05, 0.1) is 11.9 Å². The molecule has 2 aromatic heterocycles. The summed E-state index contributed by atoms with van der Waals surface area (Å²) in [5.74, 6) is 0.287. The molecular formula is C21H20BrN7O2. The fourth-order valence-corrected chi connectivity index (χ4v) is 3.71. The molecule has 1 aliphatic rings. The van der Waals surface area contributed by atoms with Gasteiger partial charge in [0.25, 0.3) is 5.91 Å². The van der Waals surface area contributed by atoms with E-state index >= 15 is 0 Å². The third-order valence-corrected chi connectivity index (χ3v) is 5.58. The van der Waals surface area contributed by atoms with Gasteiger partial charge < -0.3 is 16.0 Å². The first-order chi connectivity index (χ1) is 15.0. The number of aromatic nitrogens is 4. The van der Waals surface area contributed by atoms with Crippen molar-refractivity contribution in [1.29, 1.82) is 0 Å². The smallest absolute Gasteiger partial charge is 0.253 e. The highest BCUT2D eigenvalue weighted by Gasteiger charge is 2.28. The molecule has 1 fully saturated rings. The number of rotatable bonds is 4. The highest BCUT2D eigenvalue weighted by Crippen LogP contribution is 2.23. The van der Waals surface area contributed by atoms with Gasteiger partial charge >= 0.3 is 0 Å². The Hall–Kier alpha value is -3.40. The Balaban J connectivity index is 1.37. The third kappa shape index (κ3) is 5.02. The van der Waals surface area contributed by atoms with E-state index in [1.165, 1.54) is 6.20 Å². The van der Waals surface area contributed by atoms with Crippen molar-refractivity contribution in [3.63, 3.8) is 0 Å². The van der Waals surface area contributed by atoms with Crippen LogP contribution in [0, 0.1) is 5.92 Å². The predicted octanol–water partition coefficient (Wildman–Crippen LogP) is 2.77. The van der Waals surface area contributed by atoms with E-state index in [1.54, 1.807) is 35.4 Å². The molecule has 3 aromatic rings. The number of carbonyl (C=O) groups excluding carboxylic acids is 2. The zero-order valence-electron chi connectivity index (χ0n) is 16.5. The molecule has 0 unspecified atom stereocenters. The average molecular weight is 482 g/mol. The molecule has 0 aliphatic carbocycles. The number of pyridine rings is 1. The second-order valence-corrected chi connectivity index (χ2v) is 8.11. The molecule has 1 aliphatic heterocycles. The number of likely N-dealkylation sites (tertiary alicyclic amines) is 1. The molecule has 9 nitrogen and oxygen atoms in total. The van der Waals surface area contributed by atoms with Gasteiger partial charge in [-0.05, 0) is 53.0 Å². The van der Waals surface area contributed by atoms with Crippen molar-refractivity contribution in [1.82, 2.24) is 25.1 Å². The zero-order chi connectivity index (χ0) is 21.8. The van der Waals surface area contributed by atoms with Crippen LogP contribution in [-0.2, 0) is 4.79 Å². The summed E-state index contributed by atoms with van der Waals surface area (Å²) in [6.07, 6.45) is 4.33. The summed E-state index contributed by atoms with van der Waals surface area (Å²) in [4.78, 5) is 35.6. The first kappa shape index (κ1) is 20.9. The molecule has 3 heterocycles. The number of nitrogen functional groups attached to an aromatic ring is 1. The van der Waals surface area contributed by atoms with E-state index in [0.29, 0.717) is 43.0 Å². The number of halogens is 1. The Kier molecular flexibility index (Phi) is 6.17. The number of carbonyl (C=O) groups is 2. The molecule has 0 bridgehead atoms. The van der Waals surface area contributed by atoms with Gasteiger partial charge in [-0.15, -0.1) is 5.10 Å². The lowest BCUT2D eigenvalue weighted by Gasteiger charge is -2.31. The van der Waals surface area contributed by atoms with Crippen molar-refractivity contribution in [2.24, 2.45) is 5.92 Å². The maximum Gasteiger partial charge on any atom is 0.253 e. The van der Waals surface area contributed by atoms with Crippen LogP contribution in [-0.4, -0.2) is 50.0 Å². The Bertz CT molecular complexity index is 1100. The van der Waals surface area contributed by atoms with E-state index < -0.39 is 0 Å². The third-order valence-electron chi connectivity index (χ3n) is 5.11. The summed E-state index contributed by atoms with van der Waals surface area (Å²) >= 11 is 3.32. The minimum atomic E-state index is -0.157. The van der Waals surface area contributed by atoms with E-state index in [0.717, 1.165) is 10.0 Å². The van der Waals surface area contributed by atoms with Crippen LogP contribution in [0.25, 0.3) is 11.3 Å². The zero-order valence-corrected chi connectivity index (χ0v) is 18.1. The lowest BCUT2D eigenvalue weighted by atomic mass is 9.95. The van der Waals surface area contributed by atoms with Gasteiger partial charge in [0.2, 0.25) is 11.9 Å². The van der Waals surface area contributed by atoms with Gasteiger partial charge in [0.1, 0.15) is 5.82 Å². The van der Waals surface area contributed by atoms with Gasteiger partial charge in [-0.1, -0.05) is 12.1 Å². The van der Waals surface area contributed by atoms with Gasteiger partial charge in [0, 0.05) is 40.8 Å². The maximum absolute atomic E-state index is 13.0. The van der Waals surface area contributed by atoms with Gasteiger partial charge in [-0.25, -0.2) is 9.97 Å². The van der Waals surface area contributed by atoms with E-state index in [9.17, 15) is 9.59 Å². The molecule has 0 spiro atoms. The molecule has 0 atom stereocenters. The van der Waals surface area contributed by atoms with Crippen LogP contribution < -0.4 is 11.1 Å². The SMILES string of the molecule is Nc1nncc(-c2cccc(C(=O)N3CCC(C(=O)Nc4ccc(Br)cn4)CC3)c2)n1. The number of hydrogen-bond donors (Lipinski definition) is 2. The number of amides is 2. The van der Waals surface area contributed by atoms with Crippen molar-refractivity contribution in [2.75, 3.05) is 24.1 Å². The highest BCUT2D eigenvalue weighted by atomic mass is 79.9. The van der Waals surface area contributed by atoms with Crippen LogP contribution in [0.3, 0.4) is 0 Å². The summed E-state index contributed by atoms with van der Waals surface area (Å²) in [6, 6.07) is 10.7. The first-order valence-electron chi connectivity index (χ1n) is 9.77.